The summed E-state index contributed by atoms with van der Waals surface area (Å²) in [6.45, 7) is 1.73. The van der Waals surface area contributed by atoms with Crippen LogP contribution in [0.1, 0.15) is 29.6 Å². The number of nitrogens with zero attached hydrogens (tertiary/aromatic N) is 1. The summed E-state index contributed by atoms with van der Waals surface area (Å²) in [5.74, 6) is 0.167. The van der Waals surface area contributed by atoms with Crippen LogP contribution in [0.5, 0.6) is 0 Å². The maximum absolute atomic E-state index is 12.6. The Morgan fingerprint density at radius 2 is 2.17 bits per heavy atom. The fourth-order valence-corrected chi connectivity index (χ4v) is 3.58. The molecule has 4 heteroatoms. The Hall–Kier alpha value is -0.870. The lowest BCUT2D eigenvalue weighted by Crippen LogP contribution is -2.57. The van der Waals surface area contributed by atoms with Crippen LogP contribution < -0.4 is 5.32 Å². The van der Waals surface area contributed by atoms with E-state index in [2.05, 4.69) is 26.1 Å². The van der Waals surface area contributed by atoms with Crippen LogP contribution in [0.4, 0.5) is 0 Å². The van der Waals surface area contributed by atoms with Crippen molar-refractivity contribution in [1.82, 2.24) is 10.2 Å². The van der Waals surface area contributed by atoms with Crippen molar-refractivity contribution >= 4 is 21.8 Å². The summed E-state index contributed by atoms with van der Waals surface area (Å²) >= 11 is 3.47. The Morgan fingerprint density at radius 1 is 1.33 bits per heavy atom. The molecule has 1 aromatic carbocycles. The molecule has 1 N–H and O–H groups in total. The molecule has 0 aromatic heterocycles. The quantitative estimate of drug-likeness (QED) is 0.864. The molecule has 1 heterocycles. The van der Waals surface area contributed by atoms with E-state index in [-0.39, 0.29) is 5.91 Å². The standard InChI is InChI=1S/C14H17BrN2O/c15-11-5-2-1-4-10(11)14(18)17-9-8-16-12-6-3-7-13(12)17/h1-2,4-5,12-13,16H,3,6-9H2. The van der Waals surface area contributed by atoms with E-state index in [0.29, 0.717) is 12.1 Å². The van der Waals surface area contributed by atoms with Gasteiger partial charge in [-0.25, -0.2) is 0 Å². The Bertz CT molecular complexity index is 463. The second-order valence-electron chi connectivity index (χ2n) is 5.04. The molecule has 1 aliphatic heterocycles. The van der Waals surface area contributed by atoms with Gasteiger partial charge in [0.25, 0.3) is 5.91 Å². The second-order valence-corrected chi connectivity index (χ2v) is 5.89. The van der Waals surface area contributed by atoms with Crippen LogP contribution in [0.25, 0.3) is 0 Å². The van der Waals surface area contributed by atoms with Gasteiger partial charge in [-0.2, -0.15) is 0 Å². The first-order valence-corrected chi connectivity index (χ1v) is 7.35. The number of nitrogens with one attached hydrogen (secondary N) is 1. The molecule has 2 atom stereocenters. The summed E-state index contributed by atoms with van der Waals surface area (Å²) < 4.78 is 0.892. The summed E-state index contributed by atoms with van der Waals surface area (Å²) in [7, 11) is 0. The monoisotopic (exact) mass is 308 g/mol. The molecule has 1 aliphatic carbocycles. The number of hydrogen-bond acceptors (Lipinski definition) is 2. The largest absolute Gasteiger partial charge is 0.333 e. The molecule has 1 saturated carbocycles. The molecule has 0 radical (unpaired) electrons. The zero-order chi connectivity index (χ0) is 12.5. The average Bonchev–Trinajstić information content (AvgIpc) is 2.86. The third-order valence-corrected chi connectivity index (χ3v) is 4.70. The summed E-state index contributed by atoms with van der Waals surface area (Å²) in [6.07, 6.45) is 3.56. The smallest absolute Gasteiger partial charge is 0.255 e. The molecule has 3 nitrogen and oxygen atoms in total. The van der Waals surface area contributed by atoms with E-state index in [1.807, 2.05) is 24.3 Å². The highest BCUT2D eigenvalue weighted by molar-refractivity contribution is 9.10. The molecule has 1 aromatic rings. The van der Waals surface area contributed by atoms with Gasteiger partial charge in [0.2, 0.25) is 0 Å². The maximum atomic E-state index is 12.6. The molecular formula is C14H17BrN2O. The van der Waals surface area contributed by atoms with Crippen molar-refractivity contribution < 1.29 is 4.79 Å². The van der Waals surface area contributed by atoms with Crippen molar-refractivity contribution in [3.63, 3.8) is 0 Å². The normalized spacial score (nSPS) is 27.1. The molecular weight excluding hydrogens is 292 g/mol. The van der Waals surface area contributed by atoms with Crippen molar-refractivity contribution in [1.29, 1.82) is 0 Å². The van der Waals surface area contributed by atoms with Gasteiger partial charge in [-0.3, -0.25) is 4.79 Å². The molecule has 3 rings (SSSR count). The fraction of sp³-hybridized carbons (Fsp3) is 0.500. The van der Waals surface area contributed by atoms with Gasteiger partial charge in [-0.1, -0.05) is 12.1 Å². The first-order chi connectivity index (χ1) is 8.77. The first kappa shape index (κ1) is 12.2. The third kappa shape index (κ3) is 2.08. The van der Waals surface area contributed by atoms with E-state index < -0.39 is 0 Å². The van der Waals surface area contributed by atoms with Crippen LogP contribution in [0, 0.1) is 0 Å². The number of carbonyl (C=O) groups is 1. The predicted octanol–water partition coefficient (Wildman–Crippen LogP) is 2.42. The van der Waals surface area contributed by atoms with Crippen molar-refractivity contribution in [2.24, 2.45) is 0 Å². The zero-order valence-corrected chi connectivity index (χ0v) is 11.8. The number of rotatable bonds is 1. The lowest BCUT2D eigenvalue weighted by Gasteiger charge is -2.38. The van der Waals surface area contributed by atoms with Gasteiger partial charge in [-0.15, -0.1) is 0 Å². The molecule has 1 amide bonds. The molecule has 2 unspecified atom stereocenters. The Labute approximate surface area is 116 Å². The van der Waals surface area contributed by atoms with E-state index in [9.17, 15) is 4.79 Å². The number of fused-ring (bicyclic) bond motifs is 1. The van der Waals surface area contributed by atoms with E-state index in [1.165, 1.54) is 12.8 Å². The highest BCUT2D eigenvalue weighted by Gasteiger charge is 2.37. The van der Waals surface area contributed by atoms with Crippen molar-refractivity contribution in [2.75, 3.05) is 13.1 Å². The Kier molecular flexibility index (Phi) is 3.39. The van der Waals surface area contributed by atoms with Crippen LogP contribution in [0.15, 0.2) is 28.7 Å². The predicted molar refractivity (Wildman–Crippen MR) is 74.6 cm³/mol. The number of halogens is 1. The SMILES string of the molecule is O=C(c1ccccc1Br)N1CCNC2CCCC21. The van der Waals surface area contributed by atoms with Gasteiger partial charge >= 0.3 is 0 Å². The molecule has 2 fully saturated rings. The van der Waals surface area contributed by atoms with E-state index >= 15 is 0 Å². The van der Waals surface area contributed by atoms with Crippen molar-refractivity contribution in [3.05, 3.63) is 34.3 Å². The third-order valence-electron chi connectivity index (χ3n) is 4.00. The summed E-state index contributed by atoms with van der Waals surface area (Å²) in [6, 6.07) is 8.59. The van der Waals surface area contributed by atoms with Crippen LogP contribution in [0.2, 0.25) is 0 Å². The number of amides is 1. The van der Waals surface area contributed by atoms with Gasteiger partial charge in [-0.05, 0) is 47.3 Å². The Balaban J connectivity index is 1.86. The summed E-state index contributed by atoms with van der Waals surface area (Å²) in [5.41, 5.74) is 0.782. The molecule has 1 saturated heterocycles. The van der Waals surface area contributed by atoms with Crippen molar-refractivity contribution in [3.8, 4) is 0 Å². The summed E-state index contributed by atoms with van der Waals surface area (Å²) in [4.78, 5) is 14.7. The first-order valence-electron chi connectivity index (χ1n) is 6.56. The highest BCUT2D eigenvalue weighted by atomic mass is 79.9. The van der Waals surface area contributed by atoms with Crippen LogP contribution >= 0.6 is 15.9 Å². The van der Waals surface area contributed by atoms with Gasteiger partial charge in [0.05, 0.1) is 5.56 Å². The number of benzene rings is 1. The fourth-order valence-electron chi connectivity index (χ4n) is 3.13. The minimum atomic E-state index is 0.167. The number of hydrogen-bond donors (Lipinski definition) is 1. The maximum Gasteiger partial charge on any atom is 0.255 e. The van der Waals surface area contributed by atoms with Gasteiger partial charge in [0, 0.05) is 29.6 Å². The molecule has 96 valence electrons. The second kappa shape index (κ2) is 5.02. The molecule has 0 spiro atoms. The van der Waals surface area contributed by atoms with Crippen LogP contribution in [-0.4, -0.2) is 36.0 Å². The molecule has 2 aliphatic rings. The van der Waals surface area contributed by atoms with Gasteiger partial charge in [0.15, 0.2) is 0 Å². The number of carbonyl (C=O) groups excluding carboxylic acids is 1. The average molecular weight is 309 g/mol. The topological polar surface area (TPSA) is 32.3 Å². The lowest BCUT2D eigenvalue weighted by molar-refractivity contribution is 0.0598. The van der Waals surface area contributed by atoms with E-state index in [1.54, 1.807) is 0 Å². The van der Waals surface area contributed by atoms with Gasteiger partial charge in [0.1, 0.15) is 0 Å². The highest BCUT2D eigenvalue weighted by Crippen LogP contribution is 2.29. The van der Waals surface area contributed by atoms with Crippen LogP contribution in [0.3, 0.4) is 0 Å². The molecule has 18 heavy (non-hydrogen) atoms. The Morgan fingerprint density at radius 3 is 3.00 bits per heavy atom. The summed E-state index contributed by atoms with van der Waals surface area (Å²) in [5, 5.41) is 3.53. The zero-order valence-electron chi connectivity index (χ0n) is 10.2. The van der Waals surface area contributed by atoms with Crippen LogP contribution in [-0.2, 0) is 0 Å². The minimum Gasteiger partial charge on any atom is -0.333 e. The van der Waals surface area contributed by atoms with E-state index in [0.717, 1.165) is 29.5 Å². The number of piperazine rings is 1. The van der Waals surface area contributed by atoms with Crippen molar-refractivity contribution in [2.45, 2.75) is 31.3 Å². The molecule has 0 bridgehead atoms. The minimum absolute atomic E-state index is 0.167. The van der Waals surface area contributed by atoms with Gasteiger partial charge < -0.3 is 10.2 Å². The van der Waals surface area contributed by atoms with E-state index in [4.69, 9.17) is 0 Å². The lowest BCUT2D eigenvalue weighted by atomic mass is 10.1.